The van der Waals surface area contributed by atoms with Gasteiger partial charge in [0, 0.05) is 24.9 Å². The van der Waals surface area contributed by atoms with E-state index in [4.69, 9.17) is 11.6 Å². The van der Waals surface area contributed by atoms with Crippen molar-refractivity contribution in [2.45, 2.75) is 45.8 Å². The number of nitrogens with one attached hydrogen (secondary N) is 1. The predicted molar refractivity (Wildman–Crippen MR) is 98.6 cm³/mol. The van der Waals surface area contributed by atoms with E-state index in [1.807, 2.05) is 44.2 Å². The van der Waals surface area contributed by atoms with Gasteiger partial charge in [-0.15, -0.1) is 0 Å². The number of amidine groups is 1. The molecule has 1 aliphatic rings. The van der Waals surface area contributed by atoms with Gasteiger partial charge in [0.1, 0.15) is 6.17 Å². The number of carbonyl (C=O) groups is 1. The number of rotatable bonds is 6. The van der Waals surface area contributed by atoms with Crippen molar-refractivity contribution < 1.29 is 4.79 Å². The summed E-state index contributed by atoms with van der Waals surface area (Å²) >= 11 is 6.02. The highest BCUT2D eigenvalue weighted by Gasteiger charge is 2.23. The molecule has 1 aromatic rings. The van der Waals surface area contributed by atoms with Crippen LogP contribution >= 0.6 is 11.6 Å². The van der Waals surface area contributed by atoms with Crippen LogP contribution in [0.4, 0.5) is 5.69 Å². The van der Waals surface area contributed by atoms with E-state index in [1.165, 1.54) is 0 Å². The van der Waals surface area contributed by atoms with Gasteiger partial charge in [-0.2, -0.15) is 0 Å². The number of benzene rings is 1. The molecule has 0 radical (unpaired) electrons. The zero-order chi connectivity index (χ0) is 17.1. The minimum atomic E-state index is -0.171. The molecule has 23 heavy (non-hydrogen) atoms. The Kier molecular flexibility index (Phi) is 8.98. The van der Waals surface area contributed by atoms with Crippen molar-refractivity contribution in [2.75, 3.05) is 11.4 Å². The molecule has 0 aromatic heterocycles. The summed E-state index contributed by atoms with van der Waals surface area (Å²) in [5, 5.41) is 2.95. The van der Waals surface area contributed by atoms with E-state index < -0.39 is 0 Å². The average Bonchev–Trinajstić information content (AvgIpc) is 2.77. The summed E-state index contributed by atoms with van der Waals surface area (Å²) in [6.45, 7) is 6.98. The Hall–Kier alpha value is -1.88. The fourth-order valence-electron chi connectivity index (χ4n) is 2.35. The van der Waals surface area contributed by atoms with Crippen molar-refractivity contribution in [1.29, 1.82) is 0 Å². The van der Waals surface area contributed by atoms with Crippen LogP contribution in [-0.2, 0) is 4.79 Å². The smallest absolute Gasteiger partial charge is 0.219 e. The molecule has 2 unspecified atom stereocenters. The first kappa shape index (κ1) is 19.2. The number of aliphatic imine (C=N–C) groups is 2. The zero-order valence-electron chi connectivity index (χ0n) is 13.9. The second-order valence-electron chi connectivity index (χ2n) is 4.81. The highest BCUT2D eigenvalue weighted by Crippen LogP contribution is 2.22. The van der Waals surface area contributed by atoms with Crippen LogP contribution in [-0.4, -0.2) is 36.7 Å². The van der Waals surface area contributed by atoms with Gasteiger partial charge in [0.2, 0.25) is 11.7 Å². The second-order valence-corrected chi connectivity index (χ2v) is 5.15. The maximum atomic E-state index is 10.7. The van der Waals surface area contributed by atoms with Gasteiger partial charge in [-0.05, 0) is 30.2 Å². The monoisotopic (exact) mass is 336 g/mol. The molecule has 1 amide bonds. The molecule has 1 N–H and O–H groups in total. The Labute approximate surface area is 143 Å². The molecule has 5 nitrogen and oxygen atoms in total. The highest BCUT2D eigenvalue weighted by molar-refractivity contribution is 6.65. The lowest BCUT2D eigenvalue weighted by Gasteiger charge is -2.31. The average molecular weight is 337 g/mol. The molecule has 0 saturated carbocycles. The molecule has 126 valence electrons. The number of anilines is 1. The summed E-state index contributed by atoms with van der Waals surface area (Å²) in [6, 6.07) is 9.90. The van der Waals surface area contributed by atoms with Crippen molar-refractivity contribution in [2.24, 2.45) is 9.98 Å². The Bertz CT molecular complexity index is 519. The summed E-state index contributed by atoms with van der Waals surface area (Å²) in [5.74, 6) is 0. The molecule has 0 aliphatic carbocycles. The maximum absolute atomic E-state index is 10.7. The largest absolute Gasteiger partial charge is 0.351 e. The lowest BCUT2D eigenvalue weighted by Crippen LogP contribution is -2.41. The summed E-state index contributed by atoms with van der Waals surface area (Å²) in [5.41, 5.74) is 1.09. The zero-order valence-corrected chi connectivity index (χ0v) is 14.7. The Balaban J connectivity index is 0.00000127. The van der Waals surface area contributed by atoms with Gasteiger partial charge in [-0.3, -0.25) is 4.79 Å². The molecule has 0 saturated heterocycles. The molecule has 0 fully saturated rings. The summed E-state index contributed by atoms with van der Waals surface area (Å²) in [4.78, 5) is 21.4. The van der Waals surface area contributed by atoms with E-state index in [0.29, 0.717) is 12.8 Å². The molecule has 6 heteroatoms. The molecule has 0 spiro atoms. The van der Waals surface area contributed by atoms with Crippen LogP contribution in [0.1, 0.15) is 33.6 Å². The third-order valence-corrected chi connectivity index (χ3v) is 3.47. The van der Waals surface area contributed by atoms with Gasteiger partial charge >= 0.3 is 0 Å². The first-order chi connectivity index (χ1) is 11.2. The Morgan fingerprint density at radius 3 is 2.65 bits per heavy atom. The summed E-state index contributed by atoms with van der Waals surface area (Å²) in [6.07, 6.45) is 3.79. The van der Waals surface area contributed by atoms with Gasteiger partial charge in [0.15, 0.2) is 0 Å². The van der Waals surface area contributed by atoms with Gasteiger partial charge in [0.25, 0.3) is 0 Å². The first-order valence-electron chi connectivity index (χ1n) is 8.03. The van der Waals surface area contributed by atoms with Crippen molar-refractivity contribution in [3.63, 3.8) is 0 Å². The topological polar surface area (TPSA) is 57.1 Å². The molecular formula is C17H25ClN4O. The number of hydrogen-bond donors (Lipinski definition) is 1. The van der Waals surface area contributed by atoms with Gasteiger partial charge in [0.05, 0.1) is 6.04 Å². The minimum absolute atomic E-state index is 0.153. The molecular weight excluding hydrogens is 312 g/mol. The Morgan fingerprint density at radius 2 is 2.04 bits per heavy atom. The lowest BCUT2D eigenvalue weighted by molar-refractivity contribution is -0.109. The minimum Gasteiger partial charge on any atom is -0.351 e. The summed E-state index contributed by atoms with van der Waals surface area (Å²) < 4.78 is 0. The summed E-state index contributed by atoms with van der Waals surface area (Å²) in [7, 11) is 0. The van der Waals surface area contributed by atoms with Crippen molar-refractivity contribution in [3.05, 3.63) is 30.3 Å². The van der Waals surface area contributed by atoms with Gasteiger partial charge in [-0.25, -0.2) is 9.98 Å². The van der Waals surface area contributed by atoms with E-state index >= 15 is 0 Å². The molecule has 2 atom stereocenters. The lowest BCUT2D eigenvalue weighted by atomic mass is 10.1. The van der Waals surface area contributed by atoms with Crippen molar-refractivity contribution in [3.8, 4) is 0 Å². The number of para-hydroxylation sites is 1. The number of amides is 1. The third-order valence-electron chi connectivity index (χ3n) is 3.28. The normalized spacial score (nSPS) is 19.7. The molecule has 1 heterocycles. The van der Waals surface area contributed by atoms with Crippen LogP contribution in [0.25, 0.3) is 0 Å². The van der Waals surface area contributed by atoms with Crippen LogP contribution in [0.5, 0.6) is 0 Å². The van der Waals surface area contributed by atoms with Crippen molar-refractivity contribution in [1.82, 2.24) is 5.32 Å². The fraction of sp³-hybridized carbons (Fsp3) is 0.471. The number of nitrogens with zero attached hydrogens (tertiary/aromatic N) is 3. The fourth-order valence-corrected chi connectivity index (χ4v) is 2.52. The van der Waals surface area contributed by atoms with Crippen LogP contribution in [0.15, 0.2) is 40.3 Å². The van der Waals surface area contributed by atoms with E-state index in [2.05, 4.69) is 27.1 Å². The van der Waals surface area contributed by atoms with E-state index in [0.717, 1.165) is 18.7 Å². The number of hydrogen-bond acceptors (Lipinski definition) is 4. The standard InChI is InChI=1S/C15H19ClN4O.C2H6/c1-2-8-20(13-6-4-3-5-7-13)14-9-12(18-11-21)10-17-15(16)19-14;1-2/h3-7,10-12,14H,2,8-9H2,1H3,(H,18,21);1-2H3. The van der Waals surface area contributed by atoms with Crippen LogP contribution in [0, 0.1) is 0 Å². The second kappa shape index (κ2) is 10.8. The molecule has 2 rings (SSSR count). The molecule has 1 aromatic carbocycles. The molecule has 0 bridgehead atoms. The van der Waals surface area contributed by atoms with E-state index in [-0.39, 0.29) is 17.5 Å². The highest BCUT2D eigenvalue weighted by atomic mass is 35.5. The van der Waals surface area contributed by atoms with E-state index in [9.17, 15) is 4.79 Å². The quantitative estimate of drug-likeness (QED) is 0.639. The van der Waals surface area contributed by atoms with Crippen LogP contribution < -0.4 is 10.2 Å². The van der Waals surface area contributed by atoms with Gasteiger partial charge < -0.3 is 10.2 Å². The number of carbonyl (C=O) groups excluding carboxylic acids is 1. The van der Waals surface area contributed by atoms with Crippen LogP contribution in [0.3, 0.4) is 0 Å². The van der Waals surface area contributed by atoms with E-state index in [1.54, 1.807) is 6.21 Å². The van der Waals surface area contributed by atoms with Gasteiger partial charge in [-0.1, -0.05) is 39.0 Å². The molecule has 1 aliphatic heterocycles. The first-order valence-corrected chi connectivity index (χ1v) is 8.41. The Morgan fingerprint density at radius 1 is 1.35 bits per heavy atom. The maximum Gasteiger partial charge on any atom is 0.219 e. The third kappa shape index (κ3) is 6.02. The number of halogens is 1. The van der Waals surface area contributed by atoms with Crippen LogP contribution in [0.2, 0.25) is 0 Å². The van der Waals surface area contributed by atoms with Crippen molar-refractivity contribution >= 4 is 35.2 Å². The predicted octanol–water partition coefficient (Wildman–Crippen LogP) is 3.44. The SMILES string of the molecule is CC.CCCN(c1ccccc1)C1CC(NC=O)C=NC(Cl)=N1.